The molecule has 1 fully saturated rings. The maximum Gasteiger partial charge on any atom is 0.247 e. The van der Waals surface area contributed by atoms with E-state index in [1.165, 1.54) is 13.2 Å². The third-order valence-corrected chi connectivity index (χ3v) is 5.37. The third-order valence-electron chi connectivity index (χ3n) is 3.40. The topological polar surface area (TPSA) is 66.8 Å². The van der Waals surface area contributed by atoms with E-state index in [9.17, 15) is 13.5 Å². The average molecular weight is 299 g/mol. The fourth-order valence-corrected chi connectivity index (χ4v) is 4.21. The van der Waals surface area contributed by atoms with Crippen LogP contribution in [0.25, 0.3) is 0 Å². The second kappa shape index (κ2) is 6.11. The van der Waals surface area contributed by atoms with Crippen LogP contribution >= 0.6 is 0 Å². The molecule has 1 N–H and O–H groups in total. The summed E-state index contributed by atoms with van der Waals surface area (Å²) in [5.74, 6) is 0.323. The standard InChI is InChI=1S/C14H21NO4S/c1-3-8-15(12-5-6-12)20(17,18)14-9-11(10-16)4-7-13(14)19-2/h4,7,9,12,16H,3,5-6,8,10H2,1-2H3. The predicted molar refractivity (Wildman–Crippen MR) is 76.1 cm³/mol. The molecular weight excluding hydrogens is 278 g/mol. The Morgan fingerprint density at radius 1 is 1.40 bits per heavy atom. The highest BCUT2D eigenvalue weighted by Gasteiger charge is 2.38. The number of rotatable bonds is 7. The van der Waals surface area contributed by atoms with Crippen LogP contribution in [0.15, 0.2) is 23.1 Å². The van der Waals surface area contributed by atoms with Crippen LogP contribution < -0.4 is 4.74 Å². The largest absolute Gasteiger partial charge is 0.495 e. The van der Waals surface area contributed by atoms with Crippen LogP contribution in [0.5, 0.6) is 5.75 Å². The normalized spacial score (nSPS) is 15.6. The van der Waals surface area contributed by atoms with Gasteiger partial charge in [-0.05, 0) is 37.0 Å². The highest BCUT2D eigenvalue weighted by atomic mass is 32.2. The number of nitrogens with zero attached hydrogens (tertiary/aromatic N) is 1. The fourth-order valence-electron chi connectivity index (χ4n) is 2.23. The molecule has 0 atom stereocenters. The quantitative estimate of drug-likeness (QED) is 0.833. The van der Waals surface area contributed by atoms with Crippen molar-refractivity contribution in [3.05, 3.63) is 23.8 Å². The molecule has 5 nitrogen and oxygen atoms in total. The van der Waals surface area contributed by atoms with E-state index in [1.807, 2.05) is 6.92 Å². The molecule has 0 amide bonds. The second-order valence-corrected chi connectivity index (χ2v) is 6.85. The van der Waals surface area contributed by atoms with Crippen LogP contribution in [-0.2, 0) is 16.6 Å². The minimum atomic E-state index is -3.58. The molecule has 0 unspecified atom stereocenters. The molecule has 1 aliphatic rings. The summed E-state index contributed by atoms with van der Waals surface area (Å²) >= 11 is 0. The smallest absolute Gasteiger partial charge is 0.247 e. The number of aliphatic hydroxyl groups excluding tert-OH is 1. The Hall–Kier alpha value is -1.11. The van der Waals surface area contributed by atoms with Crippen molar-refractivity contribution in [3.8, 4) is 5.75 Å². The summed E-state index contributed by atoms with van der Waals surface area (Å²) < 4.78 is 32.4. The molecule has 0 aromatic heterocycles. The van der Waals surface area contributed by atoms with Crippen molar-refractivity contribution in [1.29, 1.82) is 0 Å². The number of aliphatic hydroxyl groups is 1. The molecule has 6 heteroatoms. The van der Waals surface area contributed by atoms with E-state index in [2.05, 4.69) is 0 Å². The number of methoxy groups -OCH3 is 1. The van der Waals surface area contributed by atoms with Crippen molar-refractivity contribution >= 4 is 10.0 Å². The minimum absolute atomic E-state index is 0.113. The van der Waals surface area contributed by atoms with Gasteiger partial charge in [-0.1, -0.05) is 13.0 Å². The van der Waals surface area contributed by atoms with E-state index in [-0.39, 0.29) is 17.5 Å². The van der Waals surface area contributed by atoms with Crippen molar-refractivity contribution in [2.24, 2.45) is 0 Å². The number of sulfonamides is 1. The first kappa shape index (κ1) is 15.3. The number of ether oxygens (including phenoxy) is 1. The Bertz CT molecular complexity index is 567. The lowest BCUT2D eigenvalue weighted by Crippen LogP contribution is -2.34. The van der Waals surface area contributed by atoms with Crippen LogP contribution in [-0.4, -0.2) is 37.5 Å². The monoisotopic (exact) mass is 299 g/mol. The molecule has 1 aliphatic carbocycles. The van der Waals surface area contributed by atoms with E-state index in [0.717, 1.165) is 19.3 Å². The first-order valence-electron chi connectivity index (χ1n) is 6.84. The van der Waals surface area contributed by atoms with Crippen LogP contribution in [0, 0.1) is 0 Å². The van der Waals surface area contributed by atoms with Crippen molar-refractivity contribution in [1.82, 2.24) is 4.31 Å². The summed E-state index contributed by atoms with van der Waals surface area (Å²) in [5, 5.41) is 9.21. The van der Waals surface area contributed by atoms with Gasteiger partial charge in [-0.25, -0.2) is 8.42 Å². The molecule has 1 aromatic rings. The Morgan fingerprint density at radius 3 is 2.60 bits per heavy atom. The van der Waals surface area contributed by atoms with Crippen molar-refractivity contribution in [3.63, 3.8) is 0 Å². The van der Waals surface area contributed by atoms with Crippen molar-refractivity contribution < 1.29 is 18.3 Å². The first-order valence-corrected chi connectivity index (χ1v) is 8.28. The molecule has 0 aliphatic heterocycles. The molecule has 0 heterocycles. The number of benzene rings is 1. The number of hydrogen-bond acceptors (Lipinski definition) is 4. The molecule has 0 spiro atoms. The van der Waals surface area contributed by atoms with Gasteiger partial charge in [-0.15, -0.1) is 0 Å². The van der Waals surface area contributed by atoms with E-state index in [0.29, 0.717) is 17.9 Å². The van der Waals surface area contributed by atoms with Gasteiger partial charge in [0.15, 0.2) is 0 Å². The van der Waals surface area contributed by atoms with Gasteiger partial charge in [0.25, 0.3) is 0 Å². The van der Waals surface area contributed by atoms with Crippen LogP contribution in [0.4, 0.5) is 0 Å². The first-order chi connectivity index (χ1) is 9.54. The molecule has 112 valence electrons. The van der Waals surface area contributed by atoms with Gasteiger partial charge < -0.3 is 9.84 Å². The minimum Gasteiger partial charge on any atom is -0.495 e. The maximum atomic E-state index is 12.8. The Labute approximate surface area is 120 Å². The number of hydrogen-bond donors (Lipinski definition) is 1. The molecule has 0 bridgehead atoms. The Morgan fingerprint density at radius 2 is 2.10 bits per heavy atom. The summed E-state index contributed by atoms with van der Waals surface area (Å²) in [6.45, 7) is 2.29. The molecular formula is C14H21NO4S. The average Bonchev–Trinajstić information content (AvgIpc) is 3.28. The highest BCUT2D eigenvalue weighted by Crippen LogP contribution is 2.35. The van der Waals surface area contributed by atoms with Crippen molar-refractivity contribution in [2.75, 3.05) is 13.7 Å². The fraction of sp³-hybridized carbons (Fsp3) is 0.571. The lowest BCUT2D eigenvalue weighted by Gasteiger charge is -2.22. The summed E-state index contributed by atoms with van der Waals surface area (Å²) in [6.07, 6.45) is 2.61. The van der Waals surface area contributed by atoms with Gasteiger partial charge in [0.05, 0.1) is 13.7 Å². The molecule has 20 heavy (non-hydrogen) atoms. The van der Waals surface area contributed by atoms with E-state index >= 15 is 0 Å². The SMILES string of the molecule is CCCN(C1CC1)S(=O)(=O)c1cc(CO)ccc1OC. The van der Waals surface area contributed by atoms with Crippen molar-refractivity contribution in [2.45, 2.75) is 43.7 Å². The van der Waals surface area contributed by atoms with Gasteiger partial charge >= 0.3 is 0 Å². The van der Waals surface area contributed by atoms with E-state index in [1.54, 1.807) is 16.4 Å². The summed E-state index contributed by atoms with van der Waals surface area (Å²) in [7, 11) is -2.13. The Kier molecular flexibility index (Phi) is 4.67. The molecule has 0 saturated heterocycles. The predicted octanol–water partition coefficient (Wildman–Crippen LogP) is 1.75. The lowest BCUT2D eigenvalue weighted by atomic mass is 10.2. The summed E-state index contributed by atoms with van der Waals surface area (Å²) in [5.41, 5.74) is 0.566. The second-order valence-electron chi connectivity index (χ2n) is 4.99. The third kappa shape index (κ3) is 2.97. The van der Waals surface area contributed by atoms with E-state index < -0.39 is 10.0 Å². The van der Waals surface area contributed by atoms with Gasteiger partial charge in [0.2, 0.25) is 10.0 Å². The zero-order chi connectivity index (χ0) is 14.8. The summed E-state index contributed by atoms with van der Waals surface area (Å²) in [6, 6.07) is 4.87. The molecule has 2 rings (SSSR count). The van der Waals surface area contributed by atoms with Crippen LogP contribution in [0.2, 0.25) is 0 Å². The maximum absolute atomic E-state index is 12.8. The van der Waals surface area contributed by atoms with Crippen LogP contribution in [0.3, 0.4) is 0 Å². The molecule has 1 aromatic carbocycles. The van der Waals surface area contributed by atoms with Gasteiger partial charge in [0, 0.05) is 12.6 Å². The zero-order valence-corrected chi connectivity index (χ0v) is 12.7. The zero-order valence-electron chi connectivity index (χ0n) is 11.9. The summed E-state index contributed by atoms with van der Waals surface area (Å²) in [4.78, 5) is 0.145. The Balaban J connectivity index is 2.45. The van der Waals surface area contributed by atoms with Gasteiger partial charge in [0.1, 0.15) is 10.6 Å². The lowest BCUT2D eigenvalue weighted by molar-refractivity contribution is 0.281. The highest BCUT2D eigenvalue weighted by molar-refractivity contribution is 7.89. The van der Waals surface area contributed by atoms with Crippen LogP contribution in [0.1, 0.15) is 31.7 Å². The van der Waals surface area contributed by atoms with Gasteiger partial charge in [-0.3, -0.25) is 0 Å². The van der Waals surface area contributed by atoms with E-state index in [4.69, 9.17) is 4.74 Å². The molecule has 1 saturated carbocycles. The molecule has 0 radical (unpaired) electrons. The van der Waals surface area contributed by atoms with Gasteiger partial charge in [-0.2, -0.15) is 4.31 Å².